The Balaban J connectivity index is 2.58. The largest absolute Gasteiger partial charge is 0.273 e. The summed E-state index contributed by atoms with van der Waals surface area (Å²) >= 11 is 0. The number of benzene rings is 1. The van der Waals surface area contributed by atoms with Crippen LogP contribution in [0, 0.1) is 15.9 Å². The molecule has 0 atom stereocenters. The molecule has 2 rings (SSSR count). The molecule has 7 nitrogen and oxygen atoms in total. The average molecular weight is 223 g/mol. The van der Waals surface area contributed by atoms with Crippen molar-refractivity contribution in [3.63, 3.8) is 0 Å². The molecule has 0 saturated carbocycles. The Kier molecular flexibility index (Phi) is 2.31. The van der Waals surface area contributed by atoms with Crippen LogP contribution in [0.25, 0.3) is 11.4 Å². The van der Waals surface area contributed by atoms with Crippen molar-refractivity contribution in [3.05, 3.63) is 34.1 Å². The normalized spacial score (nSPS) is 10.4. The minimum Gasteiger partial charge on any atom is -0.258 e. The van der Waals surface area contributed by atoms with Crippen LogP contribution < -0.4 is 0 Å². The molecule has 0 amide bonds. The lowest BCUT2D eigenvalue weighted by atomic mass is 10.2. The molecule has 1 heterocycles. The van der Waals surface area contributed by atoms with Gasteiger partial charge in [0, 0.05) is 18.7 Å². The van der Waals surface area contributed by atoms with Crippen LogP contribution in [0.2, 0.25) is 0 Å². The summed E-state index contributed by atoms with van der Waals surface area (Å²) in [5, 5.41) is 21.1. The first kappa shape index (κ1) is 10.1. The Hall–Kier alpha value is -2.38. The van der Waals surface area contributed by atoms with E-state index >= 15 is 0 Å². The summed E-state index contributed by atoms with van der Waals surface area (Å²) in [6.45, 7) is 0. The Bertz CT molecular complexity index is 553. The predicted molar refractivity (Wildman–Crippen MR) is 50.8 cm³/mol. The van der Waals surface area contributed by atoms with Crippen molar-refractivity contribution < 1.29 is 9.31 Å². The lowest BCUT2D eigenvalue weighted by molar-refractivity contribution is -0.385. The zero-order valence-electron chi connectivity index (χ0n) is 8.16. The number of nitro groups is 1. The van der Waals surface area contributed by atoms with Crippen molar-refractivity contribution in [3.8, 4) is 11.4 Å². The van der Waals surface area contributed by atoms with Crippen LogP contribution in [0.4, 0.5) is 10.1 Å². The second kappa shape index (κ2) is 3.65. The van der Waals surface area contributed by atoms with E-state index in [1.807, 2.05) is 0 Å². The van der Waals surface area contributed by atoms with E-state index in [4.69, 9.17) is 0 Å². The molecule has 16 heavy (non-hydrogen) atoms. The minimum absolute atomic E-state index is 0.263. The fourth-order valence-corrected chi connectivity index (χ4v) is 1.28. The third kappa shape index (κ3) is 1.72. The smallest absolute Gasteiger partial charge is 0.258 e. The SMILES string of the molecule is Cn1nnnc1-c1cc(F)cc([N+](=O)[O-])c1. The van der Waals surface area contributed by atoms with Gasteiger partial charge in [-0.2, -0.15) is 0 Å². The lowest BCUT2D eigenvalue weighted by Gasteiger charge is -1.99. The summed E-state index contributed by atoms with van der Waals surface area (Å²) in [6.07, 6.45) is 0. The van der Waals surface area contributed by atoms with Crippen LogP contribution in [-0.2, 0) is 7.05 Å². The molecule has 0 aliphatic heterocycles. The molecule has 0 spiro atoms. The van der Waals surface area contributed by atoms with Gasteiger partial charge < -0.3 is 0 Å². The molecule has 0 N–H and O–H groups in total. The highest BCUT2D eigenvalue weighted by molar-refractivity contribution is 5.59. The van der Waals surface area contributed by atoms with E-state index in [1.165, 1.54) is 10.7 Å². The molecule has 0 saturated heterocycles. The van der Waals surface area contributed by atoms with Gasteiger partial charge in [0.15, 0.2) is 5.82 Å². The van der Waals surface area contributed by atoms with E-state index in [9.17, 15) is 14.5 Å². The second-order valence-corrected chi connectivity index (χ2v) is 3.08. The Morgan fingerprint density at radius 1 is 1.44 bits per heavy atom. The van der Waals surface area contributed by atoms with Gasteiger partial charge >= 0.3 is 0 Å². The molecule has 0 bridgehead atoms. The molecular formula is C8H6FN5O2. The third-order valence-electron chi connectivity index (χ3n) is 1.97. The van der Waals surface area contributed by atoms with Crippen molar-refractivity contribution in [2.24, 2.45) is 7.05 Å². The summed E-state index contributed by atoms with van der Waals surface area (Å²) in [7, 11) is 1.56. The van der Waals surface area contributed by atoms with Crippen LogP contribution in [0.3, 0.4) is 0 Å². The van der Waals surface area contributed by atoms with Crippen LogP contribution in [0.5, 0.6) is 0 Å². The van der Waals surface area contributed by atoms with Crippen LogP contribution in [0.15, 0.2) is 18.2 Å². The van der Waals surface area contributed by atoms with Gasteiger partial charge in [-0.1, -0.05) is 0 Å². The number of tetrazole rings is 1. The Morgan fingerprint density at radius 2 is 2.19 bits per heavy atom. The summed E-state index contributed by atoms with van der Waals surface area (Å²) in [5.74, 6) is -0.435. The maximum absolute atomic E-state index is 13.1. The molecule has 0 aliphatic carbocycles. The van der Waals surface area contributed by atoms with Gasteiger partial charge in [0.1, 0.15) is 5.82 Å². The highest BCUT2D eigenvalue weighted by atomic mass is 19.1. The number of aromatic nitrogens is 4. The van der Waals surface area contributed by atoms with Crippen molar-refractivity contribution in [1.82, 2.24) is 20.2 Å². The van der Waals surface area contributed by atoms with Crippen LogP contribution >= 0.6 is 0 Å². The van der Waals surface area contributed by atoms with E-state index in [2.05, 4.69) is 15.5 Å². The maximum Gasteiger partial charge on any atom is 0.273 e. The quantitative estimate of drug-likeness (QED) is 0.558. The van der Waals surface area contributed by atoms with Crippen molar-refractivity contribution in [2.75, 3.05) is 0 Å². The lowest BCUT2D eigenvalue weighted by Crippen LogP contribution is -1.96. The molecule has 1 aromatic carbocycles. The Labute approximate surface area is 88.7 Å². The minimum atomic E-state index is -0.702. The van der Waals surface area contributed by atoms with Gasteiger partial charge in [0.2, 0.25) is 0 Å². The third-order valence-corrected chi connectivity index (χ3v) is 1.97. The first-order valence-electron chi connectivity index (χ1n) is 4.25. The molecular weight excluding hydrogens is 217 g/mol. The average Bonchev–Trinajstić information content (AvgIpc) is 2.63. The van der Waals surface area contributed by atoms with Gasteiger partial charge in [-0.15, -0.1) is 5.10 Å². The summed E-state index contributed by atoms with van der Waals surface area (Å²) in [5.41, 5.74) is -0.0720. The highest BCUT2D eigenvalue weighted by Gasteiger charge is 2.14. The number of nitrogens with zero attached hydrogens (tertiary/aromatic N) is 5. The first-order valence-corrected chi connectivity index (χ1v) is 4.25. The molecule has 1 aromatic heterocycles. The molecule has 2 aromatic rings. The monoisotopic (exact) mass is 223 g/mol. The van der Waals surface area contributed by atoms with Crippen molar-refractivity contribution in [2.45, 2.75) is 0 Å². The molecule has 8 heteroatoms. The molecule has 0 aliphatic rings. The van der Waals surface area contributed by atoms with Gasteiger partial charge in [-0.05, 0) is 16.5 Å². The van der Waals surface area contributed by atoms with E-state index < -0.39 is 10.7 Å². The van der Waals surface area contributed by atoms with E-state index in [0.717, 1.165) is 12.1 Å². The molecule has 0 unspecified atom stereocenters. The van der Waals surface area contributed by atoms with Gasteiger partial charge in [-0.25, -0.2) is 9.07 Å². The fourth-order valence-electron chi connectivity index (χ4n) is 1.28. The number of nitro benzene ring substituents is 1. The number of rotatable bonds is 2. The second-order valence-electron chi connectivity index (χ2n) is 3.08. The van der Waals surface area contributed by atoms with E-state index in [-0.39, 0.29) is 17.1 Å². The van der Waals surface area contributed by atoms with E-state index in [1.54, 1.807) is 7.05 Å². The van der Waals surface area contributed by atoms with Crippen molar-refractivity contribution in [1.29, 1.82) is 0 Å². The van der Waals surface area contributed by atoms with Gasteiger partial charge in [0.25, 0.3) is 5.69 Å². The summed E-state index contributed by atoms with van der Waals surface area (Å²) in [6, 6.07) is 3.20. The van der Waals surface area contributed by atoms with Crippen molar-refractivity contribution >= 4 is 5.69 Å². The summed E-state index contributed by atoms with van der Waals surface area (Å²) < 4.78 is 14.4. The highest BCUT2D eigenvalue weighted by Crippen LogP contribution is 2.22. The number of hydrogen-bond donors (Lipinski definition) is 0. The number of halogens is 1. The molecule has 82 valence electrons. The zero-order chi connectivity index (χ0) is 11.7. The van der Waals surface area contributed by atoms with E-state index in [0.29, 0.717) is 0 Å². The summed E-state index contributed by atoms with van der Waals surface area (Å²) in [4.78, 5) is 9.87. The number of aryl methyl sites for hydroxylation is 1. The Morgan fingerprint density at radius 3 is 2.75 bits per heavy atom. The zero-order valence-corrected chi connectivity index (χ0v) is 8.16. The first-order chi connectivity index (χ1) is 7.58. The molecule has 0 radical (unpaired) electrons. The van der Waals surface area contributed by atoms with Gasteiger partial charge in [0.05, 0.1) is 11.0 Å². The van der Waals surface area contributed by atoms with Gasteiger partial charge in [-0.3, -0.25) is 10.1 Å². The standard InChI is InChI=1S/C8H6FN5O2/c1-13-8(10-11-12-13)5-2-6(9)4-7(3-5)14(15)16/h2-4H,1H3. The van der Waals surface area contributed by atoms with Crippen LogP contribution in [0.1, 0.15) is 0 Å². The number of hydrogen-bond acceptors (Lipinski definition) is 5. The number of non-ortho nitro benzene ring substituents is 1. The maximum atomic E-state index is 13.1. The molecule has 0 fully saturated rings. The topological polar surface area (TPSA) is 86.7 Å². The fraction of sp³-hybridized carbons (Fsp3) is 0.125. The van der Waals surface area contributed by atoms with Crippen LogP contribution in [-0.4, -0.2) is 25.1 Å². The predicted octanol–water partition coefficient (Wildman–Crippen LogP) is 0.924.